The van der Waals surface area contributed by atoms with Crippen LogP contribution in [0.3, 0.4) is 0 Å². The van der Waals surface area contributed by atoms with Gasteiger partial charge in [0.2, 0.25) is 5.75 Å². The van der Waals surface area contributed by atoms with Crippen molar-refractivity contribution in [3.05, 3.63) is 17.2 Å². The SMILES string of the molecule is COc1cc(Cl)cc(OC2(C)CNC2)c1O. The van der Waals surface area contributed by atoms with E-state index in [9.17, 15) is 5.11 Å². The lowest BCUT2D eigenvalue weighted by molar-refractivity contribution is 0.0321. The molecule has 0 radical (unpaired) electrons. The van der Waals surface area contributed by atoms with E-state index in [4.69, 9.17) is 21.1 Å². The third kappa shape index (κ3) is 2.03. The van der Waals surface area contributed by atoms with Gasteiger partial charge in [-0.2, -0.15) is 0 Å². The quantitative estimate of drug-likeness (QED) is 0.850. The summed E-state index contributed by atoms with van der Waals surface area (Å²) in [7, 11) is 1.47. The summed E-state index contributed by atoms with van der Waals surface area (Å²) in [6, 6.07) is 3.13. The molecule has 1 fully saturated rings. The molecule has 0 bridgehead atoms. The highest BCUT2D eigenvalue weighted by Gasteiger charge is 2.35. The van der Waals surface area contributed by atoms with E-state index in [0.29, 0.717) is 16.5 Å². The zero-order valence-corrected chi connectivity index (χ0v) is 9.97. The van der Waals surface area contributed by atoms with E-state index in [1.165, 1.54) is 7.11 Å². The topological polar surface area (TPSA) is 50.7 Å². The number of benzene rings is 1. The number of halogens is 1. The van der Waals surface area contributed by atoms with E-state index in [2.05, 4.69) is 5.32 Å². The van der Waals surface area contributed by atoms with Gasteiger partial charge in [-0.05, 0) is 6.92 Å². The average Bonchev–Trinajstić information content (AvgIpc) is 2.20. The molecule has 1 aromatic carbocycles. The zero-order chi connectivity index (χ0) is 11.8. The van der Waals surface area contributed by atoms with Crippen molar-refractivity contribution < 1.29 is 14.6 Å². The minimum atomic E-state index is -0.285. The highest BCUT2D eigenvalue weighted by Crippen LogP contribution is 2.40. The van der Waals surface area contributed by atoms with E-state index in [1.807, 2.05) is 6.92 Å². The molecule has 1 saturated heterocycles. The Morgan fingerprint density at radius 2 is 2.00 bits per heavy atom. The van der Waals surface area contributed by atoms with Crippen molar-refractivity contribution in [2.75, 3.05) is 20.2 Å². The predicted octanol–water partition coefficient (Wildman–Crippen LogP) is 1.79. The van der Waals surface area contributed by atoms with Crippen molar-refractivity contribution in [3.63, 3.8) is 0 Å². The van der Waals surface area contributed by atoms with Gasteiger partial charge in [0.1, 0.15) is 5.60 Å². The number of hydrogen-bond donors (Lipinski definition) is 2. The monoisotopic (exact) mass is 243 g/mol. The number of nitrogens with one attached hydrogen (secondary N) is 1. The third-order valence-corrected chi connectivity index (χ3v) is 2.80. The van der Waals surface area contributed by atoms with Crippen molar-refractivity contribution in [2.24, 2.45) is 0 Å². The lowest BCUT2D eigenvalue weighted by atomic mass is 10.00. The molecule has 0 saturated carbocycles. The van der Waals surface area contributed by atoms with Gasteiger partial charge in [0.25, 0.3) is 0 Å². The molecular formula is C11H14ClNO3. The van der Waals surface area contributed by atoms with Crippen LogP contribution in [-0.4, -0.2) is 30.9 Å². The first kappa shape index (κ1) is 11.4. The van der Waals surface area contributed by atoms with Crippen LogP contribution in [0.1, 0.15) is 6.92 Å². The maximum absolute atomic E-state index is 9.87. The first-order valence-electron chi connectivity index (χ1n) is 5.00. The standard InChI is InChI=1S/C11H14ClNO3/c1-11(5-13-6-11)16-9-4-7(12)3-8(15-2)10(9)14/h3-4,13-14H,5-6H2,1-2H3. The molecule has 0 aliphatic carbocycles. The van der Waals surface area contributed by atoms with Gasteiger partial charge in [-0.1, -0.05) is 11.6 Å². The van der Waals surface area contributed by atoms with Crippen molar-refractivity contribution in [1.29, 1.82) is 0 Å². The summed E-state index contributed by atoms with van der Waals surface area (Å²) in [5.41, 5.74) is -0.285. The molecule has 0 aromatic heterocycles. The van der Waals surface area contributed by atoms with Crippen molar-refractivity contribution in [2.45, 2.75) is 12.5 Å². The number of ether oxygens (including phenoxy) is 2. The molecule has 0 atom stereocenters. The Bertz CT molecular complexity index is 404. The summed E-state index contributed by atoms with van der Waals surface area (Å²) < 4.78 is 10.7. The minimum Gasteiger partial charge on any atom is -0.502 e. The zero-order valence-electron chi connectivity index (χ0n) is 9.21. The summed E-state index contributed by atoms with van der Waals surface area (Å²) in [6.07, 6.45) is 0. The van der Waals surface area contributed by atoms with E-state index >= 15 is 0 Å². The number of phenolic OH excluding ortho intramolecular Hbond substituents is 1. The molecule has 5 heteroatoms. The number of methoxy groups -OCH3 is 1. The highest BCUT2D eigenvalue weighted by atomic mass is 35.5. The van der Waals surface area contributed by atoms with Crippen molar-refractivity contribution in [3.8, 4) is 17.2 Å². The molecule has 16 heavy (non-hydrogen) atoms. The normalized spacial score (nSPS) is 17.7. The molecule has 2 N–H and O–H groups in total. The van der Waals surface area contributed by atoms with Crippen molar-refractivity contribution >= 4 is 11.6 Å². The van der Waals surface area contributed by atoms with Gasteiger partial charge in [0.05, 0.1) is 7.11 Å². The van der Waals surface area contributed by atoms with Gasteiger partial charge in [-0.3, -0.25) is 0 Å². The van der Waals surface area contributed by atoms with Crippen LogP contribution < -0.4 is 14.8 Å². The molecule has 0 spiro atoms. The first-order valence-corrected chi connectivity index (χ1v) is 5.38. The fourth-order valence-electron chi connectivity index (χ4n) is 1.60. The summed E-state index contributed by atoms with van der Waals surface area (Å²) in [6.45, 7) is 3.47. The van der Waals surface area contributed by atoms with Crippen LogP contribution in [0.5, 0.6) is 17.2 Å². The molecule has 0 amide bonds. The van der Waals surface area contributed by atoms with Crippen LogP contribution in [0, 0.1) is 0 Å². The second-order valence-corrected chi connectivity index (χ2v) is 4.55. The minimum absolute atomic E-state index is 0.0139. The Balaban J connectivity index is 2.29. The van der Waals surface area contributed by atoms with Gasteiger partial charge < -0.3 is 19.9 Å². The maximum Gasteiger partial charge on any atom is 0.200 e. The van der Waals surface area contributed by atoms with E-state index in [0.717, 1.165) is 13.1 Å². The van der Waals surface area contributed by atoms with Gasteiger partial charge in [-0.25, -0.2) is 0 Å². The fraction of sp³-hybridized carbons (Fsp3) is 0.455. The maximum atomic E-state index is 9.87. The third-order valence-electron chi connectivity index (χ3n) is 2.58. The summed E-state index contributed by atoms with van der Waals surface area (Å²) in [5.74, 6) is 0.659. The second-order valence-electron chi connectivity index (χ2n) is 4.11. The van der Waals surface area contributed by atoms with Crippen molar-refractivity contribution in [1.82, 2.24) is 5.32 Å². The first-order chi connectivity index (χ1) is 7.54. The Morgan fingerprint density at radius 1 is 1.38 bits per heavy atom. The molecular weight excluding hydrogens is 230 g/mol. The van der Waals surface area contributed by atoms with Gasteiger partial charge in [0.15, 0.2) is 11.5 Å². The Kier molecular flexibility index (Phi) is 2.86. The Hall–Kier alpha value is -1.13. The van der Waals surface area contributed by atoms with E-state index in [-0.39, 0.29) is 11.4 Å². The number of phenols is 1. The molecule has 1 heterocycles. The number of hydrogen-bond acceptors (Lipinski definition) is 4. The lowest BCUT2D eigenvalue weighted by Crippen LogP contribution is -2.61. The van der Waals surface area contributed by atoms with Crippen LogP contribution >= 0.6 is 11.6 Å². The van der Waals surface area contributed by atoms with E-state index in [1.54, 1.807) is 12.1 Å². The Labute approximate surface area is 99.1 Å². The molecule has 88 valence electrons. The molecule has 4 nitrogen and oxygen atoms in total. The van der Waals surface area contributed by atoms with E-state index < -0.39 is 0 Å². The fourth-order valence-corrected chi connectivity index (χ4v) is 1.80. The smallest absolute Gasteiger partial charge is 0.200 e. The van der Waals surface area contributed by atoms with Crippen LogP contribution in [0.4, 0.5) is 0 Å². The van der Waals surface area contributed by atoms with Gasteiger partial charge in [-0.15, -0.1) is 0 Å². The molecule has 1 aromatic rings. The van der Waals surface area contributed by atoms with Crippen LogP contribution in [-0.2, 0) is 0 Å². The molecule has 1 aliphatic heterocycles. The second kappa shape index (κ2) is 4.03. The summed E-state index contributed by atoms with van der Waals surface area (Å²) in [4.78, 5) is 0. The van der Waals surface area contributed by atoms with Gasteiger partial charge >= 0.3 is 0 Å². The molecule has 2 rings (SSSR count). The largest absolute Gasteiger partial charge is 0.502 e. The highest BCUT2D eigenvalue weighted by molar-refractivity contribution is 6.31. The summed E-state index contributed by atoms with van der Waals surface area (Å²) in [5, 5.41) is 13.5. The van der Waals surface area contributed by atoms with Crippen LogP contribution in [0.2, 0.25) is 5.02 Å². The van der Waals surface area contributed by atoms with Gasteiger partial charge in [0, 0.05) is 30.2 Å². The molecule has 0 unspecified atom stereocenters. The Morgan fingerprint density at radius 3 is 2.50 bits per heavy atom. The van der Waals surface area contributed by atoms with Crippen LogP contribution in [0.25, 0.3) is 0 Å². The lowest BCUT2D eigenvalue weighted by Gasteiger charge is -2.39. The average molecular weight is 244 g/mol. The summed E-state index contributed by atoms with van der Waals surface area (Å²) >= 11 is 5.90. The molecule has 1 aliphatic rings. The van der Waals surface area contributed by atoms with Crippen LogP contribution in [0.15, 0.2) is 12.1 Å². The number of rotatable bonds is 3. The predicted molar refractivity (Wildman–Crippen MR) is 61.6 cm³/mol. The number of aromatic hydroxyl groups is 1.